The fraction of sp³-hybridized carbons (Fsp3) is 0.333. The smallest absolute Gasteiger partial charge is 0.165 e. The van der Waals surface area contributed by atoms with Gasteiger partial charge in [-0.1, -0.05) is 20.8 Å². The number of hydrogen-bond donors (Lipinski definition) is 1. The fourth-order valence-corrected chi connectivity index (χ4v) is 1.68. The highest BCUT2D eigenvalue weighted by atomic mass is 19.1. The molecule has 2 aromatic rings. The van der Waals surface area contributed by atoms with Crippen LogP contribution in [0.15, 0.2) is 30.5 Å². The molecule has 1 N–H and O–H groups in total. The lowest BCUT2D eigenvalue weighted by Crippen LogP contribution is -2.16. The van der Waals surface area contributed by atoms with Gasteiger partial charge in [-0.25, -0.2) is 14.4 Å². The number of aromatic nitrogens is 2. The van der Waals surface area contributed by atoms with Crippen molar-refractivity contribution >= 4 is 11.5 Å². The largest absolute Gasteiger partial charge is 0.494 e. The predicted molar refractivity (Wildman–Crippen MR) is 77.0 cm³/mol. The van der Waals surface area contributed by atoms with Crippen LogP contribution in [-0.2, 0) is 5.41 Å². The highest BCUT2D eigenvalue weighted by Crippen LogP contribution is 2.24. The number of methoxy groups -OCH3 is 1. The molecule has 5 heteroatoms. The molecule has 106 valence electrons. The Morgan fingerprint density at radius 2 is 1.95 bits per heavy atom. The van der Waals surface area contributed by atoms with Crippen LogP contribution in [0.2, 0.25) is 0 Å². The van der Waals surface area contributed by atoms with Crippen molar-refractivity contribution in [3.05, 3.63) is 42.1 Å². The summed E-state index contributed by atoms with van der Waals surface area (Å²) in [6.07, 6.45) is 1.71. The number of ether oxygens (including phenoxy) is 1. The van der Waals surface area contributed by atoms with Crippen LogP contribution in [0.25, 0.3) is 0 Å². The summed E-state index contributed by atoms with van der Waals surface area (Å²) in [6.45, 7) is 6.15. The number of nitrogens with zero attached hydrogens (tertiary/aromatic N) is 2. The lowest BCUT2D eigenvalue weighted by atomic mass is 9.96. The molecular formula is C15H18FN3O. The molecular weight excluding hydrogens is 257 g/mol. The van der Waals surface area contributed by atoms with E-state index in [1.807, 2.05) is 20.8 Å². The van der Waals surface area contributed by atoms with Gasteiger partial charge in [0.15, 0.2) is 11.6 Å². The third-order valence-corrected chi connectivity index (χ3v) is 2.75. The van der Waals surface area contributed by atoms with Crippen molar-refractivity contribution in [2.24, 2.45) is 0 Å². The number of nitrogens with one attached hydrogen (secondary N) is 1. The molecule has 1 aromatic heterocycles. The van der Waals surface area contributed by atoms with Crippen LogP contribution in [0.4, 0.5) is 15.9 Å². The first-order chi connectivity index (χ1) is 9.40. The Kier molecular flexibility index (Phi) is 3.88. The lowest BCUT2D eigenvalue weighted by molar-refractivity contribution is 0.387. The van der Waals surface area contributed by atoms with Gasteiger partial charge >= 0.3 is 0 Å². The van der Waals surface area contributed by atoms with Gasteiger partial charge in [0.2, 0.25) is 0 Å². The molecule has 4 nitrogen and oxygen atoms in total. The number of anilines is 2. The van der Waals surface area contributed by atoms with Gasteiger partial charge in [0, 0.05) is 23.4 Å². The first-order valence-corrected chi connectivity index (χ1v) is 6.34. The Labute approximate surface area is 118 Å². The number of hydrogen-bond acceptors (Lipinski definition) is 4. The minimum Gasteiger partial charge on any atom is -0.494 e. The van der Waals surface area contributed by atoms with Crippen LogP contribution in [0.3, 0.4) is 0 Å². The predicted octanol–water partition coefficient (Wildman–Crippen LogP) is 3.67. The molecule has 0 atom stereocenters. The average Bonchev–Trinajstić information content (AvgIpc) is 2.40. The quantitative estimate of drug-likeness (QED) is 0.928. The standard InChI is InChI=1S/C15H18FN3O/c1-15(2,3)14-17-8-7-13(19-14)18-10-5-6-11(16)12(9-10)20-4/h5-9H,1-4H3,(H,17,18,19). The van der Waals surface area contributed by atoms with E-state index in [0.717, 1.165) is 5.82 Å². The Morgan fingerprint density at radius 3 is 2.60 bits per heavy atom. The zero-order chi connectivity index (χ0) is 14.8. The molecule has 0 unspecified atom stereocenters. The molecule has 0 amide bonds. The van der Waals surface area contributed by atoms with Gasteiger partial charge in [-0.05, 0) is 18.2 Å². The van der Waals surface area contributed by atoms with Crippen LogP contribution in [0.5, 0.6) is 5.75 Å². The third-order valence-electron chi connectivity index (χ3n) is 2.75. The molecule has 0 saturated carbocycles. The van der Waals surface area contributed by atoms with Gasteiger partial charge in [-0.15, -0.1) is 0 Å². The molecule has 0 fully saturated rings. The fourth-order valence-electron chi connectivity index (χ4n) is 1.68. The Hall–Kier alpha value is -2.17. The Bertz CT molecular complexity index is 608. The monoisotopic (exact) mass is 275 g/mol. The molecule has 1 heterocycles. The average molecular weight is 275 g/mol. The van der Waals surface area contributed by atoms with Crippen molar-refractivity contribution in [3.8, 4) is 5.75 Å². The maximum absolute atomic E-state index is 13.4. The van der Waals surface area contributed by atoms with E-state index in [1.54, 1.807) is 24.4 Å². The third kappa shape index (κ3) is 3.23. The molecule has 0 aliphatic rings. The highest BCUT2D eigenvalue weighted by Gasteiger charge is 2.17. The molecule has 0 aliphatic carbocycles. The van der Waals surface area contributed by atoms with Crippen molar-refractivity contribution in [2.75, 3.05) is 12.4 Å². The first kappa shape index (κ1) is 14.2. The number of benzene rings is 1. The van der Waals surface area contributed by atoms with Crippen molar-refractivity contribution < 1.29 is 9.13 Å². The van der Waals surface area contributed by atoms with E-state index >= 15 is 0 Å². The maximum Gasteiger partial charge on any atom is 0.165 e. The number of halogens is 1. The van der Waals surface area contributed by atoms with Gasteiger partial charge in [-0.2, -0.15) is 0 Å². The van der Waals surface area contributed by atoms with Crippen molar-refractivity contribution in [1.29, 1.82) is 0 Å². The van der Waals surface area contributed by atoms with E-state index in [9.17, 15) is 4.39 Å². The second-order valence-corrected chi connectivity index (χ2v) is 5.49. The van der Waals surface area contributed by atoms with Crippen LogP contribution in [-0.4, -0.2) is 17.1 Å². The van der Waals surface area contributed by atoms with E-state index in [-0.39, 0.29) is 11.2 Å². The van der Waals surface area contributed by atoms with E-state index < -0.39 is 5.82 Å². The van der Waals surface area contributed by atoms with Gasteiger partial charge in [0.1, 0.15) is 11.6 Å². The van der Waals surface area contributed by atoms with Crippen molar-refractivity contribution in [2.45, 2.75) is 26.2 Å². The van der Waals surface area contributed by atoms with E-state index in [1.165, 1.54) is 13.2 Å². The molecule has 2 rings (SSSR count). The van der Waals surface area contributed by atoms with Crippen LogP contribution in [0.1, 0.15) is 26.6 Å². The normalized spacial score (nSPS) is 11.2. The summed E-state index contributed by atoms with van der Waals surface area (Å²) in [7, 11) is 1.44. The minimum absolute atomic E-state index is 0.127. The van der Waals surface area contributed by atoms with E-state index in [2.05, 4.69) is 15.3 Å². The summed E-state index contributed by atoms with van der Waals surface area (Å²) < 4.78 is 18.3. The second-order valence-electron chi connectivity index (χ2n) is 5.49. The lowest BCUT2D eigenvalue weighted by Gasteiger charge is -2.17. The molecule has 0 spiro atoms. The van der Waals surface area contributed by atoms with Crippen molar-refractivity contribution in [3.63, 3.8) is 0 Å². The Morgan fingerprint density at radius 1 is 1.20 bits per heavy atom. The van der Waals surface area contributed by atoms with Gasteiger partial charge in [-0.3, -0.25) is 0 Å². The summed E-state index contributed by atoms with van der Waals surface area (Å²) in [5, 5.41) is 3.12. The van der Waals surface area contributed by atoms with Gasteiger partial charge in [0.05, 0.1) is 7.11 Å². The van der Waals surface area contributed by atoms with Crippen molar-refractivity contribution in [1.82, 2.24) is 9.97 Å². The van der Waals surface area contributed by atoms with Crippen LogP contribution in [0, 0.1) is 5.82 Å². The zero-order valence-electron chi connectivity index (χ0n) is 12.1. The zero-order valence-corrected chi connectivity index (χ0v) is 12.1. The molecule has 0 radical (unpaired) electrons. The summed E-state index contributed by atoms with van der Waals surface area (Å²) >= 11 is 0. The topological polar surface area (TPSA) is 47.0 Å². The first-order valence-electron chi connectivity index (χ1n) is 6.34. The summed E-state index contributed by atoms with van der Waals surface area (Å²) in [6, 6.07) is 6.35. The summed E-state index contributed by atoms with van der Waals surface area (Å²) in [5.74, 6) is 1.21. The SMILES string of the molecule is COc1cc(Nc2ccnc(C(C)(C)C)n2)ccc1F. The molecule has 0 bridgehead atoms. The summed E-state index contributed by atoms with van der Waals surface area (Å²) in [4.78, 5) is 8.72. The highest BCUT2D eigenvalue weighted by molar-refractivity contribution is 5.58. The minimum atomic E-state index is -0.392. The maximum atomic E-state index is 13.4. The van der Waals surface area contributed by atoms with Gasteiger partial charge in [0.25, 0.3) is 0 Å². The number of rotatable bonds is 3. The molecule has 0 aliphatic heterocycles. The van der Waals surface area contributed by atoms with Crippen LogP contribution >= 0.6 is 0 Å². The summed E-state index contributed by atoms with van der Waals surface area (Å²) in [5.41, 5.74) is 0.583. The van der Waals surface area contributed by atoms with E-state index in [4.69, 9.17) is 4.74 Å². The molecule has 1 aromatic carbocycles. The van der Waals surface area contributed by atoms with E-state index in [0.29, 0.717) is 11.5 Å². The second kappa shape index (κ2) is 5.45. The molecule has 0 saturated heterocycles. The van der Waals surface area contributed by atoms with Crippen LogP contribution < -0.4 is 10.1 Å². The van der Waals surface area contributed by atoms with Gasteiger partial charge < -0.3 is 10.1 Å². The Balaban J connectivity index is 2.26. The molecule has 20 heavy (non-hydrogen) atoms.